The fourth-order valence-corrected chi connectivity index (χ4v) is 6.66. The second-order valence-corrected chi connectivity index (χ2v) is 10.6. The largest absolute Gasteiger partial charge is 0.525 e. The van der Waals surface area contributed by atoms with Gasteiger partial charge in [-0.1, -0.05) is 94.2 Å². The van der Waals surface area contributed by atoms with E-state index in [-0.39, 0.29) is 0 Å². The van der Waals surface area contributed by atoms with Crippen LogP contribution in [0.1, 0.15) is 0 Å². The molecule has 0 spiro atoms. The van der Waals surface area contributed by atoms with Crippen LogP contribution in [-0.4, -0.2) is 6.94 Å². The predicted molar refractivity (Wildman–Crippen MR) is 93.9 cm³/mol. The van der Waals surface area contributed by atoms with Gasteiger partial charge in [-0.25, -0.2) is 0 Å². The summed E-state index contributed by atoms with van der Waals surface area (Å²) in [7, 11) is 0. The molecule has 0 amide bonds. The van der Waals surface area contributed by atoms with Crippen molar-refractivity contribution in [2.75, 3.05) is 0 Å². The van der Waals surface area contributed by atoms with Gasteiger partial charge in [-0.3, -0.25) is 0 Å². The molecule has 0 aromatic heterocycles. The quantitative estimate of drug-likeness (QED) is 0.512. The van der Waals surface area contributed by atoms with Crippen LogP contribution in [0.2, 0.25) is 0 Å². The highest BCUT2D eigenvalue weighted by atomic mass is 79.9. The first-order chi connectivity index (χ1) is 10.3. The van der Waals surface area contributed by atoms with Crippen molar-refractivity contribution in [1.29, 1.82) is 0 Å². The number of benzene rings is 3. The van der Waals surface area contributed by atoms with Crippen LogP contribution in [0.3, 0.4) is 0 Å². The second-order valence-electron chi connectivity index (χ2n) is 4.74. The number of halogens is 1. The summed E-state index contributed by atoms with van der Waals surface area (Å²) in [5.41, 5.74) is 0. The Balaban J connectivity index is 2.07. The molecule has 0 heterocycles. The molecular weight excluding hydrogens is 340 g/mol. The molecule has 0 aliphatic heterocycles. The zero-order valence-corrected chi connectivity index (χ0v) is 14.0. The number of hydrogen-bond acceptors (Lipinski definition) is 1. The van der Waals surface area contributed by atoms with E-state index >= 15 is 0 Å². The van der Waals surface area contributed by atoms with Crippen molar-refractivity contribution < 1.29 is 4.43 Å². The molecule has 21 heavy (non-hydrogen) atoms. The van der Waals surface area contributed by atoms with Gasteiger partial charge in [-0.2, -0.15) is 0 Å². The molecule has 0 saturated heterocycles. The molecule has 0 bridgehead atoms. The maximum Gasteiger partial charge on any atom is 0.386 e. The van der Waals surface area contributed by atoms with Gasteiger partial charge in [0.15, 0.2) is 0 Å². The molecule has 0 unspecified atom stereocenters. The zero-order valence-electron chi connectivity index (χ0n) is 11.4. The Bertz CT molecular complexity index is 647. The van der Waals surface area contributed by atoms with Crippen molar-refractivity contribution in [3.8, 4) is 5.75 Å². The lowest BCUT2D eigenvalue weighted by Gasteiger charge is -2.27. The molecule has 3 heteroatoms. The summed E-state index contributed by atoms with van der Waals surface area (Å²) in [5.74, 6) is 0.883. The van der Waals surface area contributed by atoms with E-state index in [2.05, 4.69) is 63.8 Å². The summed E-state index contributed by atoms with van der Waals surface area (Å²) < 4.78 is 6.43. The van der Waals surface area contributed by atoms with Gasteiger partial charge >= 0.3 is 6.94 Å². The van der Waals surface area contributed by atoms with Gasteiger partial charge in [-0.05, 0) is 22.5 Å². The van der Waals surface area contributed by atoms with Crippen LogP contribution in [0.15, 0.2) is 91.0 Å². The number of hydrogen-bond donors (Lipinski definition) is 0. The Morgan fingerprint density at radius 3 is 1.38 bits per heavy atom. The van der Waals surface area contributed by atoms with Crippen molar-refractivity contribution >= 4 is 32.6 Å². The third-order valence-corrected chi connectivity index (χ3v) is 9.19. The third-order valence-electron chi connectivity index (χ3n) is 3.29. The first-order valence-electron chi connectivity index (χ1n) is 6.83. The summed E-state index contributed by atoms with van der Waals surface area (Å²) in [5, 5.41) is 2.39. The number of para-hydroxylation sites is 1. The minimum atomic E-state index is -2.43. The van der Waals surface area contributed by atoms with Crippen molar-refractivity contribution in [1.82, 2.24) is 0 Å². The van der Waals surface area contributed by atoms with E-state index < -0.39 is 6.94 Å². The normalized spacial score (nSPS) is 11.1. The monoisotopic (exact) mass is 354 g/mol. The topological polar surface area (TPSA) is 9.23 Å². The van der Waals surface area contributed by atoms with Gasteiger partial charge < -0.3 is 4.43 Å². The van der Waals surface area contributed by atoms with Gasteiger partial charge in [0.05, 0.1) is 0 Å². The number of rotatable bonds is 4. The van der Waals surface area contributed by atoms with E-state index in [0.29, 0.717) is 0 Å². The lowest BCUT2D eigenvalue weighted by Crippen LogP contribution is -2.58. The summed E-state index contributed by atoms with van der Waals surface area (Å²) in [6, 6.07) is 30.7. The lowest BCUT2D eigenvalue weighted by atomic mass is 10.3. The Kier molecular flexibility index (Phi) is 4.22. The van der Waals surface area contributed by atoms with E-state index in [1.807, 2.05) is 42.5 Å². The Hall–Kier alpha value is -1.84. The fraction of sp³-hybridized carbons (Fsp3) is 0. The Morgan fingerprint density at radius 1 is 0.571 bits per heavy atom. The SMILES string of the molecule is Br[Si](Oc1ccccc1)(c1ccccc1)c1ccccc1. The molecule has 0 atom stereocenters. The van der Waals surface area contributed by atoms with Crippen LogP contribution >= 0.6 is 15.3 Å². The lowest BCUT2D eigenvalue weighted by molar-refractivity contribution is 0.587. The van der Waals surface area contributed by atoms with Gasteiger partial charge in [-0.15, -0.1) is 0 Å². The molecule has 0 radical (unpaired) electrons. The maximum atomic E-state index is 6.43. The average molecular weight is 355 g/mol. The van der Waals surface area contributed by atoms with E-state index in [1.165, 1.54) is 10.4 Å². The van der Waals surface area contributed by atoms with Crippen LogP contribution in [0, 0.1) is 0 Å². The minimum Gasteiger partial charge on any atom is -0.525 e. The molecule has 0 N–H and O–H groups in total. The van der Waals surface area contributed by atoms with Gasteiger partial charge in [0.25, 0.3) is 0 Å². The van der Waals surface area contributed by atoms with Crippen molar-refractivity contribution in [2.24, 2.45) is 0 Å². The molecule has 0 aliphatic rings. The molecule has 1 nitrogen and oxygen atoms in total. The van der Waals surface area contributed by atoms with E-state index in [0.717, 1.165) is 5.75 Å². The maximum absolute atomic E-state index is 6.43. The first kappa shape index (κ1) is 14.1. The van der Waals surface area contributed by atoms with Crippen LogP contribution in [0.25, 0.3) is 0 Å². The highest BCUT2D eigenvalue weighted by Gasteiger charge is 2.39. The highest BCUT2D eigenvalue weighted by molar-refractivity contribution is 9.26. The molecular formula is C18H15BrOSi. The van der Waals surface area contributed by atoms with E-state index in [9.17, 15) is 0 Å². The average Bonchev–Trinajstić information content (AvgIpc) is 2.57. The van der Waals surface area contributed by atoms with Gasteiger partial charge in [0, 0.05) is 0 Å². The summed E-state index contributed by atoms with van der Waals surface area (Å²) >= 11 is 3.96. The standard InChI is InChI=1S/C18H15BrOSi/c19-21(17-12-6-2-7-13-17,18-14-8-3-9-15-18)20-16-10-4-1-5-11-16/h1-15H. The van der Waals surface area contributed by atoms with Gasteiger partial charge in [0.1, 0.15) is 5.75 Å². The third kappa shape index (κ3) is 3.09. The fourth-order valence-electron chi connectivity index (χ4n) is 2.24. The minimum absolute atomic E-state index is 0.883. The van der Waals surface area contributed by atoms with Crippen molar-refractivity contribution in [2.45, 2.75) is 0 Å². The first-order valence-corrected chi connectivity index (χ1v) is 11.0. The van der Waals surface area contributed by atoms with Crippen LogP contribution < -0.4 is 14.8 Å². The molecule has 3 aromatic rings. The molecule has 104 valence electrons. The van der Waals surface area contributed by atoms with Crippen molar-refractivity contribution in [3.05, 3.63) is 91.0 Å². The van der Waals surface area contributed by atoms with Gasteiger partial charge in [0.2, 0.25) is 0 Å². The smallest absolute Gasteiger partial charge is 0.386 e. The molecule has 3 aromatic carbocycles. The van der Waals surface area contributed by atoms with E-state index in [4.69, 9.17) is 4.43 Å². The molecule has 3 rings (SSSR count). The zero-order chi connectivity index (χ0) is 14.5. The molecule has 0 fully saturated rings. The van der Waals surface area contributed by atoms with Crippen LogP contribution in [0.5, 0.6) is 5.75 Å². The van der Waals surface area contributed by atoms with Crippen LogP contribution in [0.4, 0.5) is 0 Å². The predicted octanol–water partition coefficient (Wildman–Crippen LogP) is 3.72. The van der Waals surface area contributed by atoms with Crippen LogP contribution in [-0.2, 0) is 0 Å². The molecule has 0 aliphatic carbocycles. The second kappa shape index (κ2) is 6.29. The van der Waals surface area contributed by atoms with E-state index in [1.54, 1.807) is 0 Å². The summed E-state index contributed by atoms with van der Waals surface area (Å²) in [6.45, 7) is -2.43. The Labute approximate surface area is 133 Å². The summed E-state index contributed by atoms with van der Waals surface area (Å²) in [4.78, 5) is 0. The highest BCUT2D eigenvalue weighted by Crippen LogP contribution is 2.20. The molecule has 0 saturated carbocycles. The van der Waals surface area contributed by atoms with Crippen molar-refractivity contribution in [3.63, 3.8) is 0 Å². The Morgan fingerprint density at radius 2 is 0.952 bits per heavy atom. The summed E-state index contributed by atoms with van der Waals surface area (Å²) in [6.07, 6.45) is 0.